The topological polar surface area (TPSA) is 51.2 Å². The number of Topliss-reactive ketones (excluding diaryl/α,β-unsaturated/α-hetero) is 2. The highest BCUT2D eigenvalue weighted by Gasteiger charge is 2.17. The number of carbonyl (C=O) groups excluding carboxylic acids is 3. The summed E-state index contributed by atoms with van der Waals surface area (Å²) in [5.41, 5.74) is 1.45. The maximum Gasteiger partial charge on any atom is 0.163 e. The van der Waals surface area contributed by atoms with Gasteiger partial charge in [-0.15, -0.1) is 0 Å². The molecule has 0 aliphatic heterocycles. The number of rotatable bonds is 35. The van der Waals surface area contributed by atoms with Crippen LogP contribution in [0.1, 0.15) is 250 Å². The van der Waals surface area contributed by atoms with Crippen molar-refractivity contribution in [3.8, 4) is 0 Å². The summed E-state index contributed by atoms with van der Waals surface area (Å²) < 4.78 is 0. The fourth-order valence-electron chi connectivity index (χ4n) is 6.69. The number of unbranched alkanes of at least 4 members (excludes halogenated alkanes) is 28. The molecule has 1 aromatic rings. The molecule has 3 nitrogen and oxygen atoms in total. The van der Waals surface area contributed by atoms with Crippen LogP contribution < -0.4 is 0 Å². The highest BCUT2D eigenvalue weighted by Crippen LogP contribution is 2.20. The first-order chi connectivity index (χ1) is 22.6. The summed E-state index contributed by atoms with van der Waals surface area (Å²) in [5, 5.41) is 0. The van der Waals surface area contributed by atoms with Gasteiger partial charge < -0.3 is 0 Å². The van der Waals surface area contributed by atoms with Gasteiger partial charge in [-0.2, -0.15) is 0 Å². The van der Waals surface area contributed by atoms with E-state index in [1.807, 2.05) is 0 Å². The van der Waals surface area contributed by atoms with E-state index in [1.165, 1.54) is 167 Å². The van der Waals surface area contributed by atoms with Crippen molar-refractivity contribution < 1.29 is 14.4 Å². The van der Waals surface area contributed by atoms with E-state index in [1.54, 1.807) is 18.2 Å². The zero-order chi connectivity index (χ0) is 33.3. The fraction of sp³-hybridized carbons (Fsp3) is 0.791. The average Bonchev–Trinajstić information content (AvgIpc) is 3.07. The molecule has 0 unspecified atom stereocenters. The number of benzene rings is 1. The van der Waals surface area contributed by atoms with E-state index >= 15 is 0 Å². The van der Waals surface area contributed by atoms with Crippen molar-refractivity contribution in [3.05, 3.63) is 34.9 Å². The van der Waals surface area contributed by atoms with E-state index in [0.717, 1.165) is 32.0 Å². The number of aldehydes is 1. The molecule has 0 N–H and O–H groups in total. The standard InChI is InChI=1S/C43H74O3/c1-3-5-7-9-11-13-15-17-19-21-23-25-27-29-31-33-42(45)40-36-35-39(38-44)37-41(40)43(46)34-32-30-28-26-24-22-20-18-16-14-12-10-8-6-4-2/h35-38H,3-34H2,1-2H3. The third kappa shape index (κ3) is 23.5. The van der Waals surface area contributed by atoms with E-state index in [2.05, 4.69) is 13.8 Å². The van der Waals surface area contributed by atoms with Crippen LogP contribution in [0.3, 0.4) is 0 Å². The second kappa shape index (κ2) is 31.8. The Kier molecular flexibility index (Phi) is 29.2. The molecular formula is C43H74O3. The predicted octanol–water partition coefficient (Wildman–Crippen LogP) is 14.4. The molecule has 0 saturated heterocycles. The van der Waals surface area contributed by atoms with E-state index in [4.69, 9.17) is 0 Å². The highest BCUT2D eigenvalue weighted by atomic mass is 16.1. The summed E-state index contributed by atoms with van der Waals surface area (Å²) in [6.45, 7) is 4.55. The molecule has 0 amide bonds. The quantitative estimate of drug-likeness (QED) is 0.0422. The molecule has 0 saturated carbocycles. The zero-order valence-electron chi connectivity index (χ0n) is 30.7. The third-order valence-corrected chi connectivity index (χ3v) is 9.80. The van der Waals surface area contributed by atoms with E-state index in [-0.39, 0.29) is 11.6 Å². The van der Waals surface area contributed by atoms with Crippen LogP contribution in [0, 0.1) is 0 Å². The van der Waals surface area contributed by atoms with Crippen molar-refractivity contribution in [3.63, 3.8) is 0 Å². The van der Waals surface area contributed by atoms with Gasteiger partial charge in [-0.25, -0.2) is 0 Å². The summed E-state index contributed by atoms with van der Waals surface area (Å²) in [7, 11) is 0. The molecule has 0 radical (unpaired) electrons. The number of hydrogen-bond donors (Lipinski definition) is 0. The number of ketones is 2. The normalized spacial score (nSPS) is 11.3. The Labute approximate surface area is 285 Å². The van der Waals surface area contributed by atoms with E-state index in [9.17, 15) is 14.4 Å². The van der Waals surface area contributed by atoms with Crippen LogP contribution in [0.25, 0.3) is 0 Å². The summed E-state index contributed by atoms with van der Waals surface area (Å²) >= 11 is 0. The van der Waals surface area contributed by atoms with Crippen molar-refractivity contribution in [2.45, 2.75) is 219 Å². The molecule has 1 aromatic carbocycles. The van der Waals surface area contributed by atoms with Crippen molar-refractivity contribution in [1.29, 1.82) is 0 Å². The molecule has 0 fully saturated rings. The lowest BCUT2D eigenvalue weighted by atomic mass is 9.93. The van der Waals surface area contributed by atoms with Crippen LogP contribution in [0.5, 0.6) is 0 Å². The summed E-state index contributed by atoms with van der Waals surface area (Å²) in [6, 6.07) is 5.02. The van der Waals surface area contributed by atoms with Gasteiger partial charge in [0.15, 0.2) is 11.6 Å². The average molecular weight is 639 g/mol. The predicted molar refractivity (Wildman–Crippen MR) is 200 cm³/mol. The number of hydrogen-bond acceptors (Lipinski definition) is 3. The lowest BCUT2D eigenvalue weighted by Gasteiger charge is -2.10. The Morgan fingerprint density at radius 2 is 0.696 bits per heavy atom. The molecule has 0 aliphatic rings. The van der Waals surface area contributed by atoms with Crippen LogP contribution in [0.15, 0.2) is 18.2 Å². The van der Waals surface area contributed by atoms with Gasteiger partial charge in [0.05, 0.1) is 0 Å². The minimum Gasteiger partial charge on any atom is -0.298 e. The first-order valence-corrected chi connectivity index (χ1v) is 20.3. The van der Waals surface area contributed by atoms with Gasteiger partial charge in [0.25, 0.3) is 0 Å². The lowest BCUT2D eigenvalue weighted by molar-refractivity contribution is 0.0945. The summed E-state index contributed by atoms with van der Waals surface area (Å²) in [4.78, 5) is 37.6. The van der Waals surface area contributed by atoms with E-state index < -0.39 is 0 Å². The van der Waals surface area contributed by atoms with Crippen LogP contribution in [-0.4, -0.2) is 17.9 Å². The molecule has 0 spiro atoms. The van der Waals surface area contributed by atoms with Crippen LogP contribution in [0.2, 0.25) is 0 Å². The molecule has 264 valence electrons. The van der Waals surface area contributed by atoms with Gasteiger partial charge in [0.1, 0.15) is 6.29 Å². The molecule has 0 bridgehead atoms. The summed E-state index contributed by atoms with van der Waals surface area (Å²) in [6.07, 6.45) is 40.7. The largest absolute Gasteiger partial charge is 0.298 e. The molecule has 0 atom stereocenters. The van der Waals surface area contributed by atoms with Crippen molar-refractivity contribution in [2.24, 2.45) is 0 Å². The molecule has 0 aromatic heterocycles. The van der Waals surface area contributed by atoms with Gasteiger partial charge in [-0.1, -0.05) is 200 Å². The molecule has 46 heavy (non-hydrogen) atoms. The number of carbonyl (C=O) groups is 3. The molecule has 1 rings (SSSR count). The highest BCUT2D eigenvalue weighted by molar-refractivity contribution is 6.09. The van der Waals surface area contributed by atoms with Crippen LogP contribution in [-0.2, 0) is 0 Å². The SMILES string of the molecule is CCCCCCCCCCCCCCCCCC(=O)c1ccc(C=O)cc1C(=O)CCCCCCCCCCCCCCCCC. The van der Waals surface area contributed by atoms with Gasteiger partial charge in [-0.3, -0.25) is 14.4 Å². The van der Waals surface area contributed by atoms with Crippen molar-refractivity contribution >= 4 is 17.9 Å². The maximum absolute atomic E-state index is 13.1. The van der Waals surface area contributed by atoms with Gasteiger partial charge >= 0.3 is 0 Å². The Morgan fingerprint density at radius 3 is 1.00 bits per heavy atom. The Morgan fingerprint density at radius 1 is 0.413 bits per heavy atom. The fourth-order valence-corrected chi connectivity index (χ4v) is 6.69. The Balaban J connectivity index is 2.16. The van der Waals surface area contributed by atoms with E-state index in [0.29, 0.717) is 29.5 Å². The second-order valence-corrected chi connectivity index (χ2v) is 14.2. The zero-order valence-corrected chi connectivity index (χ0v) is 30.7. The Bertz CT molecular complexity index is 873. The molecule has 0 aliphatic carbocycles. The van der Waals surface area contributed by atoms with Gasteiger partial charge in [0, 0.05) is 29.5 Å². The van der Waals surface area contributed by atoms with Gasteiger partial charge in [-0.05, 0) is 25.0 Å². The first kappa shape index (κ1) is 42.3. The molecular weight excluding hydrogens is 564 g/mol. The monoisotopic (exact) mass is 639 g/mol. The van der Waals surface area contributed by atoms with Crippen molar-refractivity contribution in [1.82, 2.24) is 0 Å². The lowest BCUT2D eigenvalue weighted by Crippen LogP contribution is -2.10. The molecule has 3 heteroatoms. The van der Waals surface area contributed by atoms with Gasteiger partial charge in [0.2, 0.25) is 0 Å². The smallest absolute Gasteiger partial charge is 0.163 e. The molecule has 0 heterocycles. The van der Waals surface area contributed by atoms with Crippen LogP contribution in [0.4, 0.5) is 0 Å². The second-order valence-electron chi connectivity index (χ2n) is 14.2. The Hall–Kier alpha value is -1.77. The third-order valence-electron chi connectivity index (χ3n) is 9.80. The van der Waals surface area contributed by atoms with Crippen LogP contribution >= 0.6 is 0 Å². The minimum atomic E-state index is 0.0123. The first-order valence-electron chi connectivity index (χ1n) is 20.3. The maximum atomic E-state index is 13.1. The summed E-state index contributed by atoms with van der Waals surface area (Å²) in [5.74, 6) is 0.0604. The van der Waals surface area contributed by atoms with Crippen molar-refractivity contribution in [2.75, 3.05) is 0 Å². The minimum absolute atomic E-state index is 0.0123.